The Labute approximate surface area is 204 Å². The number of ether oxygens (including phenoxy) is 5. The molecule has 1 fully saturated rings. The molecule has 0 spiro atoms. The van der Waals surface area contributed by atoms with Gasteiger partial charge in [0, 0.05) is 33.3 Å². The van der Waals surface area contributed by atoms with Crippen molar-refractivity contribution in [2.24, 2.45) is 0 Å². The second-order valence-corrected chi connectivity index (χ2v) is 7.86. The lowest BCUT2D eigenvalue weighted by Gasteiger charge is -2.48. The van der Waals surface area contributed by atoms with Gasteiger partial charge in [0.05, 0.1) is 6.20 Å². The number of hydrogen-bond donors (Lipinski definition) is 1. The third-order valence-corrected chi connectivity index (χ3v) is 5.03. The third kappa shape index (κ3) is 5.83. The molecule has 1 N–H and O–H groups in total. The van der Waals surface area contributed by atoms with E-state index in [0.29, 0.717) is 0 Å². The summed E-state index contributed by atoms with van der Waals surface area (Å²) in [6, 6.07) is 5.35. The number of carbonyl (C=O) groups is 4. The van der Waals surface area contributed by atoms with Crippen molar-refractivity contribution < 1.29 is 52.4 Å². The van der Waals surface area contributed by atoms with Crippen LogP contribution < -0.4 is 0 Å². The van der Waals surface area contributed by atoms with Gasteiger partial charge in [-0.05, 0) is 12.1 Å². The molecule has 1 saturated heterocycles. The third-order valence-electron chi connectivity index (χ3n) is 5.03. The van der Waals surface area contributed by atoms with Gasteiger partial charge in [0.2, 0.25) is 18.1 Å². The van der Waals surface area contributed by atoms with Crippen LogP contribution in [0, 0.1) is 5.82 Å². The standard InChI is InChI=1S/C22H24FN3O10/c1-11(27)32-10-18-19(33-12(2)28)22(31,20(34-13(3)29)21(36-18)35-14(4)30)26-9-17(24-25-26)15-6-5-7-16(23)8-15/h5-9,18-21,31H,10H2,1-4H3/t18-,19+,20+,21?,22+/m1/s1. The summed E-state index contributed by atoms with van der Waals surface area (Å²) in [6.45, 7) is 3.68. The highest BCUT2D eigenvalue weighted by Gasteiger charge is 2.63. The summed E-state index contributed by atoms with van der Waals surface area (Å²) in [5.41, 5.74) is -2.21. The summed E-state index contributed by atoms with van der Waals surface area (Å²) in [6.07, 6.45) is -5.53. The molecule has 194 valence electrons. The minimum atomic E-state index is -2.60. The molecule has 0 bridgehead atoms. The van der Waals surface area contributed by atoms with Gasteiger partial charge in [0.25, 0.3) is 0 Å². The van der Waals surface area contributed by atoms with Gasteiger partial charge < -0.3 is 28.8 Å². The van der Waals surface area contributed by atoms with E-state index in [0.717, 1.165) is 32.4 Å². The van der Waals surface area contributed by atoms with E-state index >= 15 is 0 Å². The van der Waals surface area contributed by atoms with Gasteiger partial charge in [0.15, 0.2) is 6.10 Å². The highest BCUT2D eigenvalue weighted by atomic mass is 19.1. The van der Waals surface area contributed by atoms with Crippen molar-refractivity contribution >= 4 is 23.9 Å². The van der Waals surface area contributed by atoms with Gasteiger partial charge in [-0.25, -0.2) is 9.07 Å². The highest BCUT2D eigenvalue weighted by Crippen LogP contribution is 2.39. The zero-order valence-electron chi connectivity index (χ0n) is 19.7. The van der Waals surface area contributed by atoms with Crippen molar-refractivity contribution in [1.29, 1.82) is 0 Å². The van der Waals surface area contributed by atoms with Gasteiger partial charge in [0.1, 0.15) is 24.2 Å². The molecule has 36 heavy (non-hydrogen) atoms. The number of aromatic nitrogens is 3. The van der Waals surface area contributed by atoms with Crippen molar-refractivity contribution in [3.63, 3.8) is 0 Å². The van der Waals surface area contributed by atoms with Crippen LogP contribution in [0.2, 0.25) is 0 Å². The Bertz CT molecular complexity index is 1150. The molecule has 2 aromatic rings. The zero-order chi connectivity index (χ0) is 26.6. The summed E-state index contributed by atoms with van der Waals surface area (Å²) in [7, 11) is 0. The Morgan fingerprint density at radius 1 is 1.03 bits per heavy atom. The van der Waals surface area contributed by atoms with Gasteiger partial charge >= 0.3 is 23.9 Å². The Kier molecular flexibility index (Phi) is 8.00. The van der Waals surface area contributed by atoms with Crippen molar-refractivity contribution in [2.75, 3.05) is 6.61 Å². The van der Waals surface area contributed by atoms with Crippen LogP contribution in [0.1, 0.15) is 27.7 Å². The molecular formula is C22H24FN3O10. The number of hydrogen-bond acceptors (Lipinski definition) is 12. The molecule has 1 unspecified atom stereocenters. The number of benzene rings is 1. The van der Waals surface area contributed by atoms with Crippen LogP contribution in [-0.2, 0) is 48.6 Å². The summed E-state index contributed by atoms with van der Waals surface area (Å²) in [5.74, 6) is -3.93. The van der Waals surface area contributed by atoms with Crippen molar-refractivity contribution in [3.05, 3.63) is 36.3 Å². The van der Waals surface area contributed by atoms with E-state index < -0.39 is 66.6 Å². The smallest absolute Gasteiger partial charge is 0.305 e. The number of aliphatic hydroxyl groups is 1. The minimum Gasteiger partial charge on any atom is -0.463 e. The molecule has 1 aromatic heterocycles. The second-order valence-electron chi connectivity index (χ2n) is 7.86. The van der Waals surface area contributed by atoms with E-state index in [-0.39, 0.29) is 11.3 Å². The molecule has 2 heterocycles. The maximum Gasteiger partial charge on any atom is 0.305 e. The lowest BCUT2D eigenvalue weighted by atomic mass is 9.91. The van der Waals surface area contributed by atoms with E-state index in [1.807, 2.05) is 0 Å². The number of esters is 4. The Morgan fingerprint density at radius 2 is 1.67 bits per heavy atom. The molecule has 0 amide bonds. The first-order valence-electron chi connectivity index (χ1n) is 10.6. The van der Waals surface area contributed by atoms with Gasteiger partial charge in [-0.15, -0.1) is 5.10 Å². The van der Waals surface area contributed by atoms with E-state index in [2.05, 4.69) is 10.3 Å². The Hall–Kier alpha value is -3.91. The molecule has 5 atom stereocenters. The molecule has 0 saturated carbocycles. The summed E-state index contributed by atoms with van der Waals surface area (Å²) >= 11 is 0. The molecular weight excluding hydrogens is 485 g/mol. The van der Waals surface area contributed by atoms with Gasteiger partial charge in [-0.3, -0.25) is 19.2 Å². The molecule has 14 heteroatoms. The predicted octanol–water partition coefficient (Wildman–Crippen LogP) is 0.444. The number of nitrogens with zero attached hydrogens (tertiary/aromatic N) is 3. The summed E-state index contributed by atoms with van der Waals surface area (Å²) < 4.78 is 40.9. The van der Waals surface area contributed by atoms with Crippen LogP contribution >= 0.6 is 0 Å². The normalized spacial score (nSPS) is 25.5. The maximum atomic E-state index is 13.7. The minimum absolute atomic E-state index is 0.0955. The van der Waals surface area contributed by atoms with E-state index in [1.165, 1.54) is 30.5 Å². The van der Waals surface area contributed by atoms with E-state index in [4.69, 9.17) is 23.7 Å². The quantitative estimate of drug-likeness (QED) is 0.405. The van der Waals surface area contributed by atoms with Crippen LogP contribution in [0.5, 0.6) is 0 Å². The number of halogens is 1. The zero-order valence-corrected chi connectivity index (χ0v) is 19.7. The molecule has 0 aliphatic carbocycles. The topological polar surface area (TPSA) is 165 Å². The van der Waals surface area contributed by atoms with E-state index in [1.54, 1.807) is 0 Å². The molecule has 3 rings (SSSR count). The van der Waals surface area contributed by atoms with Crippen molar-refractivity contribution in [2.45, 2.75) is 58.0 Å². The van der Waals surface area contributed by atoms with Crippen molar-refractivity contribution in [1.82, 2.24) is 15.0 Å². The summed E-state index contributed by atoms with van der Waals surface area (Å²) in [4.78, 5) is 47.2. The van der Waals surface area contributed by atoms with Crippen LogP contribution in [0.25, 0.3) is 11.3 Å². The largest absolute Gasteiger partial charge is 0.463 e. The molecule has 1 aromatic carbocycles. The fraction of sp³-hybridized carbons (Fsp3) is 0.455. The monoisotopic (exact) mass is 509 g/mol. The Morgan fingerprint density at radius 3 is 2.25 bits per heavy atom. The van der Waals surface area contributed by atoms with Crippen LogP contribution in [0.15, 0.2) is 30.5 Å². The van der Waals surface area contributed by atoms with Crippen LogP contribution in [-0.4, -0.2) is 75.2 Å². The van der Waals surface area contributed by atoms with Crippen molar-refractivity contribution in [3.8, 4) is 11.3 Å². The molecule has 1 aliphatic heterocycles. The molecule has 1 aliphatic rings. The average molecular weight is 509 g/mol. The predicted molar refractivity (Wildman–Crippen MR) is 114 cm³/mol. The first-order valence-corrected chi connectivity index (χ1v) is 10.6. The first-order chi connectivity index (χ1) is 16.9. The van der Waals surface area contributed by atoms with E-state index in [9.17, 15) is 28.7 Å². The van der Waals surface area contributed by atoms with Gasteiger partial charge in [-0.2, -0.15) is 0 Å². The fourth-order valence-corrected chi connectivity index (χ4v) is 3.67. The highest BCUT2D eigenvalue weighted by molar-refractivity contribution is 5.68. The SMILES string of the molecule is CC(=O)OC[C@H]1OC(OC(C)=O)[C@H](OC(C)=O)[C@](O)(n2cc(-c3cccc(F)c3)nn2)[C@H]1OC(C)=O. The number of rotatable bonds is 7. The van der Waals surface area contributed by atoms with Crippen LogP contribution in [0.4, 0.5) is 4.39 Å². The maximum absolute atomic E-state index is 13.7. The lowest BCUT2D eigenvalue weighted by Crippen LogP contribution is -2.70. The number of carbonyl (C=O) groups excluding carboxylic acids is 4. The second kappa shape index (κ2) is 10.8. The first kappa shape index (κ1) is 26.7. The molecule has 13 nitrogen and oxygen atoms in total. The molecule has 0 radical (unpaired) electrons. The van der Waals surface area contributed by atoms with Gasteiger partial charge in [-0.1, -0.05) is 17.3 Å². The fourth-order valence-electron chi connectivity index (χ4n) is 3.67. The average Bonchev–Trinajstić information content (AvgIpc) is 3.27. The van der Waals surface area contributed by atoms with Crippen LogP contribution in [0.3, 0.4) is 0 Å². The lowest BCUT2D eigenvalue weighted by molar-refractivity contribution is -0.354. The summed E-state index contributed by atoms with van der Waals surface area (Å²) in [5, 5.41) is 19.8. The Balaban J connectivity index is 2.18.